The van der Waals surface area contributed by atoms with Crippen molar-refractivity contribution >= 4 is 23.5 Å². The van der Waals surface area contributed by atoms with Crippen molar-refractivity contribution in [2.75, 3.05) is 25.0 Å². The molecule has 0 bridgehead atoms. The van der Waals surface area contributed by atoms with Crippen LogP contribution >= 0.6 is 0 Å². The number of hydrogen-bond acceptors (Lipinski definition) is 4. The number of benzene rings is 1. The average Bonchev–Trinajstić information content (AvgIpc) is 2.78. The fourth-order valence-electron chi connectivity index (χ4n) is 3.10. The highest BCUT2D eigenvalue weighted by Gasteiger charge is 2.28. The smallest absolute Gasteiger partial charge is 0.320 e. The van der Waals surface area contributed by atoms with E-state index in [0.717, 1.165) is 19.3 Å². The first-order chi connectivity index (χ1) is 11.6. The van der Waals surface area contributed by atoms with Gasteiger partial charge in [-0.2, -0.15) is 0 Å². The predicted octanol–water partition coefficient (Wildman–Crippen LogP) is 1.17. The summed E-state index contributed by atoms with van der Waals surface area (Å²) in [5.41, 5.74) is 3.08. The van der Waals surface area contributed by atoms with Crippen molar-refractivity contribution < 1.29 is 19.6 Å². The number of carbonyl (C=O) groups is 3. The van der Waals surface area contributed by atoms with Gasteiger partial charge in [0, 0.05) is 24.3 Å². The van der Waals surface area contributed by atoms with E-state index in [0.29, 0.717) is 24.3 Å². The quantitative estimate of drug-likeness (QED) is 0.530. The summed E-state index contributed by atoms with van der Waals surface area (Å²) >= 11 is 0. The highest BCUT2D eigenvalue weighted by atomic mass is 16.5. The molecular formula is C16H20N4O4. The molecule has 1 saturated heterocycles. The van der Waals surface area contributed by atoms with Gasteiger partial charge < -0.3 is 15.1 Å². The standard InChI is InChI=1S/C16H20N4O4/c21-14-10-20(16(23)19-6-2-1-3-7-19)9-12-8-11(15(22)18-24)4-5-13(12)17-14/h4-5,8,24H,1-3,6-7,9-10H2,(H,17,21)(H,18,22). The fraction of sp³-hybridized carbons (Fsp3) is 0.438. The minimum absolute atomic E-state index is 0.0223. The maximum absolute atomic E-state index is 12.7. The Morgan fingerprint density at radius 3 is 2.54 bits per heavy atom. The molecule has 0 aromatic heterocycles. The largest absolute Gasteiger partial charge is 0.325 e. The van der Waals surface area contributed by atoms with Crippen molar-refractivity contribution in [3.8, 4) is 0 Å². The van der Waals surface area contributed by atoms with E-state index in [4.69, 9.17) is 5.21 Å². The second kappa shape index (κ2) is 6.88. The summed E-state index contributed by atoms with van der Waals surface area (Å²) in [7, 11) is 0. The van der Waals surface area contributed by atoms with Gasteiger partial charge in [-0.1, -0.05) is 0 Å². The average molecular weight is 332 g/mol. The van der Waals surface area contributed by atoms with Crippen LogP contribution in [-0.2, 0) is 11.3 Å². The molecule has 1 fully saturated rings. The Balaban J connectivity index is 1.85. The van der Waals surface area contributed by atoms with Gasteiger partial charge in [-0.25, -0.2) is 10.3 Å². The van der Waals surface area contributed by atoms with Crippen LogP contribution in [0.5, 0.6) is 0 Å². The molecule has 128 valence electrons. The SMILES string of the molecule is O=C1CN(C(=O)N2CCCCC2)Cc2cc(C(=O)NO)ccc2N1. The van der Waals surface area contributed by atoms with E-state index in [1.165, 1.54) is 11.0 Å². The molecule has 1 aromatic rings. The summed E-state index contributed by atoms with van der Waals surface area (Å²) < 4.78 is 0. The molecule has 0 saturated carbocycles. The van der Waals surface area contributed by atoms with Crippen LogP contribution in [0, 0.1) is 0 Å². The zero-order chi connectivity index (χ0) is 17.1. The van der Waals surface area contributed by atoms with E-state index in [9.17, 15) is 14.4 Å². The highest BCUT2D eigenvalue weighted by Crippen LogP contribution is 2.23. The van der Waals surface area contributed by atoms with Crippen molar-refractivity contribution in [1.82, 2.24) is 15.3 Å². The number of piperidine rings is 1. The first-order valence-corrected chi connectivity index (χ1v) is 7.99. The number of nitrogens with zero attached hydrogens (tertiary/aromatic N) is 2. The Morgan fingerprint density at radius 2 is 1.83 bits per heavy atom. The summed E-state index contributed by atoms with van der Waals surface area (Å²) in [6.07, 6.45) is 3.07. The van der Waals surface area contributed by atoms with Crippen LogP contribution in [0.25, 0.3) is 0 Å². The molecule has 2 aliphatic heterocycles. The van der Waals surface area contributed by atoms with Crippen LogP contribution in [0.15, 0.2) is 18.2 Å². The van der Waals surface area contributed by atoms with Gasteiger partial charge in [0.15, 0.2) is 0 Å². The van der Waals surface area contributed by atoms with E-state index in [2.05, 4.69) is 5.32 Å². The molecule has 8 heteroatoms. The van der Waals surface area contributed by atoms with E-state index >= 15 is 0 Å². The van der Waals surface area contributed by atoms with E-state index in [1.807, 2.05) is 0 Å². The number of nitrogens with one attached hydrogen (secondary N) is 2. The third-order valence-corrected chi connectivity index (χ3v) is 4.34. The number of amides is 4. The molecule has 0 radical (unpaired) electrons. The number of rotatable bonds is 1. The van der Waals surface area contributed by atoms with Gasteiger partial charge >= 0.3 is 6.03 Å². The second-order valence-electron chi connectivity index (χ2n) is 6.05. The second-order valence-corrected chi connectivity index (χ2v) is 6.05. The van der Waals surface area contributed by atoms with Crippen molar-refractivity contribution in [2.24, 2.45) is 0 Å². The molecule has 0 unspecified atom stereocenters. The molecule has 0 spiro atoms. The molecule has 2 aliphatic rings. The van der Waals surface area contributed by atoms with Crippen LogP contribution < -0.4 is 10.8 Å². The molecule has 24 heavy (non-hydrogen) atoms. The molecule has 0 aliphatic carbocycles. The van der Waals surface area contributed by atoms with Gasteiger partial charge in [-0.3, -0.25) is 14.8 Å². The maximum Gasteiger partial charge on any atom is 0.320 e. The van der Waals surface area contributed by atoms with Gasteiger partial charge in [0.2, 0.25) is 5.91 Å². The lowest BCUT2D eigenvalue weighted by atomic mass is 10.1. The Kier molecular flexibility index (Phi) is 4.66. The molecule has 1 aromatic carbocycles. The lowest BCUT2D eigenvalue weighted by molar-refractivity contribution is -0.116. The molecule has 2 heterocycles. The van der Waals surface area contributed by atoms with Crippen molar-refractivity contribution in [2.45, 2.75) is 25.8 Å². The molecule has 3 N–H and O–H groups in total. The fourth-order valence-corrected chi connectivity index (χ4v) is 3.10. The summed E-state index contributed by atoms with van der Waals surface area (Å²) in [6, 6.07) is 4.53. The monoisotopic (exact) mass is 332 g/mol. The third-order valence-electron chi connectivity index (χ3n) is 4.34. The first-order valence-electron chi connectivity index (χ1n) is 7.99. The Labute approximate surface area is 139 Å². The zero-order valence-corrected chi connectivity index (χ0v) is 13.2. The van der Waals surface area contributed by atoms with Crippen LogP contribution in [-0.4, -0.2) is 52.5 Å². The minimum Gasteiger partial charge on any atom is -0.325 e. The number of hydroxylamine groups is 1. The third kappa shape index (κ3) is 3.33. The van der Waals surface area contributed by atoms with Crippen molar-refractivity contribution in [3.05, 3.63) is 29.3 Å². The number of hydrogen-bond donors (Lipinski definition) is 3. The molecule has 3 rings (SSSR count). The van der Waals surface area contributed by atoms with E-state index < -0.39 is 5.91 Å². The van der Waals surface area contributed by atoms with Crippen molar-refractivity contribution in [1.29, 1.82) is 0 Å². The van der Waals surface area contributed by atoms with Gasteiger partial charge in [-0.05, 0) is 43.0 Å². The van der Waals surface area contributed by atoms with Gasteiger partial charge in [-0.15, -0.1) is 0 Å². The predicted molar refractivity (Wildman–Crippen MR) is 85.6 cm³/mol. The molecule has 8 nitrogen and oxygen atoms in total. The number of carbonyl (C=O) groups excluding carboxylic acids is 3. The van der Waals surface area contributed by atoms with Crippen LogP contribution in [0.2, 0.25) is 0 Å². The topological polar surface area (TPSA) is 102 Å². The van der Waals surface area contributed by atoms with E-state index in [1.54, 1.807) is 22.5 Å². The normalized spacial score (nSPS) is 17.6. The summed E-state index contributed by atoms with van der Waals surface area (Å²) in [4.78, 5) is 39.6. The van der Waals surface area contributed by atoms with E-state index in [-0.39, 0.29) is 30.6 Å². The zero-order valence-electron chi connectivity index (χ0n) is 13.2. The Bertz CT molecular complexity index is 670. The maximum atomic E-state index is 12.7. The first kappa shape index (κ1) is 16.3. The van der Waals surface area contributed by atoms with Gasteiger partial charge in [0.05, 0.1) is 6.54 Å². The van der Waals surface area contributed by atoms with Crippen molar-refractivity contribution in [3.63, 3.8) is 0 Å². The van der Waals surface area contributed by atoms with Gasteiger partial charge in [0.1, 0.15) is 6.54 Å². The molecular weight excluding hydrogens is 312 g/mol. The highest BCUT2D eigenvalue weighted by molar-refractivity contribution is 5.98. The number of likely N-dealkylation sites (tertiary alicyclic amines) is 1. The summed E-state index contributed by atoms with van der Waals surface area (Å²) in [5, 5.41) is 11.5. The Hall–Kier alpha value is -2.61. The number of anilines is 1. The van der Waals surface area contributed by atoms with Crippen LogP contribution in [0.4, 0.5) is 10.5 Å². The molecule has 4 amide bonds. The Morgan fingerprint density at radius 1 is 1.08 bits per heavy atom. The summed E-state index contributed by atoms with van der Waals surface area (Å²) in [5.74, 6) is -0.902. The van der Waals surface area contributed by atoms with Crippen LogP contribution in [0.1, 0.15) is 35.2 Å². The lowest BCUT2D eigenvalue weighted by Crippen LogP contribution is -2.46. The van der Waals surface area contributed by atoms with Gasteiger partial charge in [0.25, 0.3) is 5.91 Å². The number of urea groups is 1. The minimum atomic E-state index is -0.637. The molecule has 0 atom stereocenters. The summed E-state index contributed by atoms with van der Waals surface area (Å²) in [6.45, 7) is 1.62. The number of fused-ring (bicyclic) bond motifs is 1. The van der Waals surface area contributed by atoms with Crippen LogP contribution in [0.3, 0.4) is 0 Å². The lowest BCUT2D eigenvalue weighted by Gasteiger charge is -2.32.